The lowest BCUT2D eigenvalue weighted by atomic mass is 10.1. The summed E-state index contributed by atoms with van der Waals surface area (Å²) in [5.74, 6) is -1.61. The number of nitrogens with zero attached hydrogens (tertiary/aromatic N) is 2. The van der Waals surface area contributed by atoms with E-state index in [2.05, 4.69) is 10.3 Å². The molecule has 2 aromatic rings. The van der Waals surface area contributed by atoms with Crippen molar-refractivity contribution in [2.75, 3.05) is 6.54 Å². The molecule has 0 radical (unpaired) electrons. The van der Waals surface area contributed by atoms with Crippen LogP contribution >= 0.6 is 0 Å². The first kappa shape index (κ1) is 16.3. The molecule has 2 rings (SSSR count). The molecule has 1 aromatic carbocycles. The normalized spacial score (nSPS) is 11.9. The van der Waals surface area contributed by atoms with Crippen molar-refractivity contribution in [3.8, 4) is 0 Å². The lowest BCUT2D eigenvalue weighted by Gasteiger charge is -2.11. The van der Waals surface area contributed by atoms with Crippen LogP contribution in [0.3, 0.4) is 0 Å². The summed E-state index contributed by atoms with van der Waals surface area (Å²) in [6, 6.07) is 5.71. The van der Waals surface area contributed by atoms with Gasteiger partial charge in [0.05, 0.1) is 21.4 Å². The molecule has 23 heavy (non-hydrogen) atoms. The van der Waals surface area contributed by atoms with Gasteiger partial charge in [-0.3, -0.25) is 24.7 Å². The Labute approximate surface area is 131 Å². The van der Waals surface area contributed by atoms with E-state index in [4.69, 9.17) is 5.11 Å². The minimum absolute atomic E-state index is 0.0560. The number of hydrogen-bond donors (Lipinski definition) is 2. The molecule has 1 atom stereocenters. The van der Waals surface area contributed by atoms with Gasteiger partial charge in [-0.1, -0.05) is 6.92 Å². The molecule has 1 amide bonds. The first-order valence-electron chi connectivity index (χ1n) is 6.92. The van der Waals surface area contributed by atoms with Crippen molar-refractivity contribution >= 4 is 28.5 Å². The van der Waals surface area contributed by atoms with Crippen molar-refractivity contribution in [1.29, 1.82) is 0 Å². The Morgan fingerprint density at radius 3 is 2.78 bits per heavy atom. The van der Waals surface area contributed by atoms with Crippen LogP contribution in [0.15, 0.2) is 30.5 Å². The van der Waals surface area contributed by atoms with E-state index < -0.39 is 16.8 Å². The lowest BCUT2D eigenvalue weighted by Crippen LogP contribution is -2.29. The van der Waals surface area contributed by atoms with Gasteiger partial charge in [-0.2, -0.15) is 0 Å². The van der Waals surface area contributed by atoms with Gasteiger partial charge < -0.3 is 10.4 Å². The summed E-state index contributed by atoms with van der Waals surface area (Å²) in [6.45, 7) is 1.90. The molecule has 1 aromatic heterocycles. The van der Waals surface area contributed by atoms with Crippen LogP contribution in [-0.4, -0.2) is 33.4 Å². The highest BCUT2D eigenvalue weighted by Crippen LogP contribution is 2.26. The van der Waals surface area contributed by atoms with Crippen LogP contribution in [0.5, 0.6) is 0 Å². The first-order chi connectivity index (χ1) is 10.9. The maximum absolute atomic E-state index is 12.3. The largest absolute Gasteiger partial charge is 0.481 e. The van der Waals surface area contributed by atoms with E-state index in [9.17, 15) is 19.7 Å². The van der Waals surface area contributed by atoms with Gasteiger partial charge >= 0.3 is 5.97 Å². The summed E-state index contributed by atoms with van der Waals surface area (Å²) in [5, 5.41) is 22.7. The SMILES string of the molecule is CC(CNC(=O)c1ccc([N+](=O)[O-])c2cccnc12)CC(=O)O. The molecule has 0 aliphatic rings. The summed E-state index contributed by atoms with van der Waals surface area (Å²) in [4.78, 5) is 37.4. The third kappa shape index (κ3) is 3.79. The van der Waals surface area contributed by atoms with E-state index in [1.165, 1.54) is 24.4 Å². The molecular weight excluding hydrogens is 302 g/mol. The Bertz CT molecular complexity index is 775. The molecule has 0 aliphatic carbocycles. The number of carbonyl (C=O) groups is 2. The number of pyridine rings is 1. The van der Waals surface area contributed by atoms with E-state index >= 15 is 0 Å². The zero-order valence-electron chi connectivity index (χ0n) is 12.4. The molecule has 0 spiro atoms. The molecular formula is C15H15N3O5. The van der Waals surface area contributed by atoms with Gasteiger partial charge in [0.2, 0.25) is 0 Å². The van der Waals surface area contributed by atoms with E-state index in [0.717, 1.165) is 0 Å². The second-order valence-corrected chi connectivity index (χ2v) is 5.20. The average molecular weight is 317 g/mol. The average Bonchev–Trinajstić information content (AvgIpc) is 2.50. The maximum Gasteiger partial charge on any atom is 0.303 e. The number of benzene rings is 1. The molecule has 120 valence electrons. The number of carboxylic acids is 1. The first-order valence-corrected chi connectivity index (χ1v) is 6.92. The van der Waals surface area contributed by atoms with E-state index in [-0.39, 0.29) is 41.0 Å². The highest BCUT2D eigenvalue weighted by molar-refractivity contribution is 6.07. The van der Waals surface area contributed by atoms with Crippen LogP contribution in [-0.2, 0) is 4.79 Å². The van der Waals surface area contributed by atoms with Gasteiger partial charge in [0.1, 0.15) is 0 Å². The molecule has 0 aliphatic heterocycles. The third-order valence-corrected chi connectivity index (χ3v) is 3.32. The summed E-state index contributed by atoms with van der Waals surface area (Å²) in [6.07, 6.45) is 1.40. The van der Waals surface area contributed by atoms with Gasteiger partial charge in [-0.25, -0.2) is 0 Å². The number of nitrogens with one attached hydrogen (secondary N) is 1. The Morgan fingerprint density at radius 2 is 2.13 bits per heavy atom. The van der Waals surface area contributed by atoms with Gasteiger partial charge in [0, 0.05) is 25.2 Å². The van der Waals surface area contributed by atoms with Crippen LogP contribution in [0.25, 0.3) is 10.9 Å². The predicted octanol–water partition coefficient (Wildman–Crippen LogP) is 1.98. The Kier molecular flexibility index (Phi) is 4.85. The molecule has 1 heterocycles. The standard InChI is InChI=1S/C15H15N3O5/c1-9(7-13(19)20)8-17-15(21)11-4-5-12(18(22)23)10-3-2-6-16-14(10)11/h2-6,9H,7-8H2,1H3,(H,17,21)(H,19,20). The fourth-order valence-electron chi connectivity index (χ4n) is 2.23. The second-order valence-electron chi connectivity index (χ2n) is 5.20. The van der Waals surface area contributed by atoms with Crippen molar-refractivity contribution < 1.29 is 19.6 Å². The number of non-ortho nitro benzene ring substituents is 1. The number of nitro groups is 1. The highest BCUT2D eigenvalue weighted by Gasteiger charge is 2.19. The third-order valence-electron chi connectivity index (χ3n) is 3.32. The lowest BCUT2D eigenvalue weighted by molar-refractivity contribution is -0.383. The summed E-state index contributed by atoms with van der Waals surface area (Å²) in [7, 11) is 0. The molecule has 1 unspecified atom stereocenters. The van der Waals surface area contributed by atoms with E-state index in [0.29, 0.717) is 0 Å². The van der Waals surface area contributed by atoms with Crippen molar-refractivity contribution in [1.82, 2.24) is 10.3 Å². The summed E-state index contributed by atoms with van der Waals surface area (Å²) < 4.78 is 0. The van der Waals surface area contributed by atoms with E-state index in [1.54, 1.807) is 13.0 Å². The predicted molar refractivity (Wildman–Crippen MR) is 82.1 cm³/mol. The molecule has 0 fully saturated rings. The number of aliphatic carboxylic acids is 1. The van der Waals surface area contributed by atoms with Crippen LogP contribution in [0.4, 0.5) is 5.69 Å². The number of aromatic nitrogens is 1. The molecule has 0 saturated heterocycles. The van der Waals surface area contributed by atoms with Crippen molar-refractivity contribution in [3.05, 3.63) is 46.1 Å². The highest BCUT2D eigenvalue weighted by atomic mass is 16.6. The zero-order valence-corrected chi connectivity index (χ0v) is 12.4. The Hall–Kier alpha value is -3.03. The topological polar surface area (TPSA) is 122 Å². The van der Waals surface area contributed by atoms with Crippen LogP contribution in [0.2, 0.25) is 0 Å². The van der Waals surface area contributed by atoms with Crippen LogP contribution in [0.1, 0.15) is 23.7 Å². The van der Waals surface area contributed by atoms with Crippen LogP contribution in [0, 0.1) is 16.0 Å². The Balaban J connectivity index is 2.26. The summed E-state index contributed by atoms with van der Waals surface area (Å²) >= 11 is 0. The molecule has 2 N–H and O–H groups in total. The molecule has 8 nitrogen and oxygen atoms in total. The van der Waals surface area contributed by atoms with Gasteiger partial charge in [-0.05, 0) is 24.1 Å². The van der Waals surface area contributed by atoms with Gasteiger partial charge in [0.15, 0.2) is 0 Å². The number of carbonyl (C=O) groups excluding carboxylic acids is 1. The minimum Gasteiger partial charge on any atom is -0.481 e. The molecule has 0 saturated carbocycles. The van der Waals surface area contributed by atoms with Gasteiger partial charge in [-0.15, -0.1) is 0 Å². The number of hydrogen-bond acceptors (Lipinski definition) is 5. The zero-order chi connectivity index (χ0) is 17.0. The number of nitro benzene ring substituents is 1. The van der Waals surface area contributed by atoms with Crippen molar-refractivity contribution in [3.63, 3.8) is 0 Å². The van der Waals surface area contributed by atoms with Crippen LogP contribution < -0.4 is 5.32 Å². The number of rotatable bonds is 6. The maximum atomic E-state index is 12.3. The molecule has 8 heteroatoms. The second kappa shape index (κ2) is 6.82. The fourth-order valence-corrected chi connectivity index (χ4v) is 2.23. The number of fused-ring (bicyclic) bond motifs is 1. The van der Waals surface area contributed by atoms with Gasteiger partial charge in [0.25, 0.3) is 11.6 Å². The van der Waals surface area contributed by atoms with Crippen molar-refractivity contribution in [2.24, 2.45) is 5.92 Å². The monoisotopic (exact) mass is 317 g/mol. The fraction of sp³-hybridized carbons (Fsp3) is 0.267. The quantitative estimate of drug-likeness (QED) is 0.620. The number of carboxylic acid groups (broad SMARTS) is 1. The smallest absolute Gasteiger partial charge is 0.303 e. The molecule has 0 bridgehead atoms. The number of amides is 1. The minimum atomic E-state index is -0.936. The van der Waals surface area contributed by atoms with E-state index in [1.807, 2.05) is 0 Å². The summed E-state index contributed by atoms with van der Waals surface area (Å²) in [5.41, 5.74) is 0.336. The van der Waals surface area contributed by atoms with Crippen molar-refractivity contribution in [2.45, 2.75) is 13.3 Å². The Morgan fingerprint density at radius 1 is 1.39 bits per heavy atom.